The van der Waals surface area contributed by atoms with Gasteiger partial charge < -0.3 is 20.7 Å². The van der Waals surface area contributed by atoms with Crippen LogP contribution in [0.4, 0.5) is 11.4 Å². The first-order valence-electron chi connectivity index (χ1n) is 7.68. The molecule has 24 heavy (non-hydrogen) atoms. The lowest BCUT2D eigenvalue weighted by Gasteiger charge is -2.09. The van der Waals surface area contributed by atoms with Crippen LogP contribution < -0.4 is 20.7 Å². The Morgan fingerprint density at radius 1 is 1.04 bits per heavy atom. The van der Waals surface area contributed by atoms with Gasteiger partial charge in [-0.05, 0) is 49.4 Å². The molecule has 6 nitrogen and oxygen atoms in total. The van der Waals surface area contributed by atoms with Crippen LogP contribution in [0.5, 0.6) is 5.75 Å². The standard InChI is InChI=1S/C18H21N3O3/c1-3-19-18(23)13-5-4-6-15(11-13)20-12-17(22)21-14-7-9-16(24-2)10-8-14/h4-11,20H,3,12H2,1-2H3,(H,19,23)(H,21,22). The van der Waals surface area contributed by atoms with Crippen molar-refractivity contribution in [3.05, 3.63) is 54.1 Å². The normalized spacial score (nSPS) is 9.92. The summed E-state index contributed by atoms with van der Waals surface area (Å²) in [7, 11) is 1.59. The zero-order chi connectivity index (χ0) is 17.4. The molecule has 3 N–H and O–H groups in total. The van der Waals surface area contributed by atoms with E-state index < -0.39 is 0 Å². The summed E-state index contributed by atoms with van der Waals surface area (Å²) in [4.78, 5) is 23.8. The van der Waals surface area contributed by atoms with Crippen molar-refractivity contribution in [2.75, 3.05) is 30.8 Å². The number of hydrogen-bond acceptors (Lipinski definition) is 4. The highest BCUT2D eigenvalue weighted by atomic mass is 16.5. The third kappa shape index (κ3) is 5.01. The molecule has 0 atom stereocenters. The van der Waals surface area contributed by atoms with Gasteiger partial charge in [0, 0.05) is 23.5 Å². The molecule has 0 aliphatic heterocycles. The molecule has 0 bridgehead atoms. The van der Waals surface area contributed by atoms with Crippen LogP contribution in [-0.4, -0.2) is 32.0 Å². The molecule has 0 saturated heterocycles. The van der Waals surface area contributed by atoms with Crippen LogP contribution in [0.1, 0.15) is 17.3 Å². The molecule has 126 valence electrons. The van der Waals surface area contributed by atoms with E-state index >= 15 is 0 Å². The number of carbonyl (C=O) groups is 2. The van der Waals surface area contributed by atoms with Crippen LogP contribution in [0.2, 0.25) is 0 Å². The Bertz CT molecular complexity index is 699. The van der Waals surface area contributed by atoms with Gasteiger partial charge in [0.2, 0.25) is 5.91 Å². The molecule has 0 heterocycles. The summed E-state index contributed by atoms with van der Waals surface area (Å²) in [6.45, 7) is 2.54. The Kier molecular flexibility index (Phi) is 6.19. The first-order valence-corrected chi connectivity index (χ1v) is 7.68. The number of benzene rings is 2. The van der Waals surface area contributed by atoms with E-state index in [1.807, 2.05) is 13.0 Å². The molecule has 2 aromatic carbocycles. The lowest BCUT2D eigenvalue weighted by molar-refractivity contribution is -0.114. The molecular formula is C18H21N3O3. The molecule has 2 rings (SSSR count). The van der Waals surface area contributed by atoms with Crippen molar-refractivity contribution in [1.29, 1.82) is 0 Å². The van der Waals surface area contributed by atoms with Crippen molar-refractivity contribution >= 4 is 23.2 Å². The average Bonchev–Trinajstić information content (AvgIpc) is 2.61. The van der Waals surface area contributed by atoms with Gasteiger partial charge in [-0.1, -0.05) is 6.07 Å². The van der Waals surface area contributed by atoms with Crippen molar-refractivity contribution in [1.82, 2.24) is 5.32 Å². The Morgan fingerprint density at radius 3 is 2.46 bits per heavy atom. The molecule has 0 radical (unpaired) electrons. The van der Waals surface area contributed by atoms with Crippen LogP contribution in [0, 0.1) is 0 Å². The number of anilines is 2. The fraction of sp³-hybridized carbons (Fsp3) is 0.222. The minimum atomic E-state index is -0.177. The van der Waals surface area contributed by atoms with Gasteiger partial charge in [-0.15, -0.1) is 0 Å². The van der Waals surface area contributed by atoms with Crippen molar-refractivity contribution in [3.63, 3.8) is 0 Å². The number of nitrogens with one attached hydrogen (secondary N) is 3. The van der Waals surface area contributed by atoms with Crippen molar-refractivity contribution in [2.24, 2.45) is 0 Å². The summed E-state index contributed by atoms with van der Waals surface area (Å²) in [5.74, 6) is 0.417. The smallest absolute Gasteiger partial charge is 0.251 e. The van der Waals surface area contributed by atoms with Crippen LogP contribution in [-0.2, 0) is 4.79 Å². The lowest BCUT2D eigenvalue weighted by atomic mass is 10.2. The maximum Gasteiger partial charge on any atom is 0.251 e. The number of ether oxygens (including phenoxy) is 1. The highest BCUT2D eigenvalue weighted by molar-refractivity contribution is 5.96. The van der Waals surface area contributed by atoms with E-state index in [1.165, 1.54) is 0 Å². The predicted molar refractivity (Wildman–Crippen MR) is 94.6 cm³/mol. The maximum atomic E-state index is 12.0. The highest BCUT2D eigenvalue weighted by Crippen LogP contribution is 2.15. The largest absolute Gasteiger partial charge is 0.497 e. The van der Waals surface area contributed by atoms with E-state index in [0.29, 0.717) is 23.5 Å². The second-order valence-electron chi connectivity index (χ2n) is 5.07. The zero-order valence-corrected chi connectivity index (χ0v) is 13.8. The SMILES string of the molecule is CCNC(=O)c1cccc(NCC(=O)Nc2ccc(OC)cc2)c1. The average molecular weight is 327 g/mol. The molecule has 6 heteroatoms. The van der Waals surface area contributed by atoms with E-state index in [-0.39, 0.29) is 18.4 Å². The summed E-state index contributed by atoms with van der Waals surface area (Å²) in [6.07, 6.45) is 0. The van der Waals surface area contributed by atoms with Gasteiger partial charge in [0.05, 0.1) is 13.7 Å². The number of hydrogen-bond donors (Lipinski definition) is 3. The van der Waals surface area contributed by atoms with Crippen LogP contribution in [0.3, 0.4) is 0 Å². The molecule has 0 spiro atoms. The number of carbonyl (C=O) groups excluding carboxylic acids is 2. The predicted octanol–water partition coefficient (Wildman–Crippen LogP) is 2.50. The Morgan fingerprint density at radius 2 is 1.79 bits per heavy atom. The maximum absolute atomic E-state index is 12.0. The van der Waals surface area contributed by atoms with E-state index in [9.17, 15) is 9.59 Å². The fourth-order valence-corrected chi connectivity index (χ4v) is 2.09. The van der Waals surface area contributed by atoms with Gasteiger partial charge in [0.1, 0.15) is 5.75 Å². The van der Waals surface area contributed by atoms with Crippen LogP contribution in [0.25, 0.3) is 0 Å². The molecule has 0 fully saturated rings. The summed E-state index contributed by atoms with van der Waals surface area (Å²) >= 11 is 0. The minimum absolute atomic E-state index is 0.102. The molecular weight excluding hydrogens is 306 g/mol. The van der Waals surface area contributed by atoms with Gasteiger partial charge >= 0.3 is 0 Å². The Balaban J connectivity index is 1.89. The quantitative estimate of drug-likeness (QED) is 0.730. The number of methoxy groups -OCH3 is 1. The van der Waals surface area contributed by atoms with E-state index in [4.69, 9.17) is 4.74 Å². The second kappa shape index (κ2) is 8.57. The fourth-order valence-electron chi connectivity index (χ4n) is 2.09. The van der Waals surface area contributed by atoms with Crippen molar-refractivity contribution in [2.45, 2.75) is 6.92 Å². The molecule has 0 aromatic heterocycles. The van der Waals surface area contributed by atoms with Crippen molar-refractivity contribution in [3.8, 4) is 5.75 Å². The first-order chi connectivity index (χ1) is 11.6. The zero-order valence-electron chi connectivity index (χ0n) is 13.8. The molecule has 2 amide bonds. The Labute approximate surface area is 141 Å². The highest BCUT2D eigenvalue weighted by Gasteiger charge is 2.06. The first kappa shape index (κ1) is 17.3. The van der Waals surface area contributed by atoms with E-state index in [2.05, 4.69) is 16.0 Å². The molecule has 0 aliphatic carbocycles. The minimum Gasteiger partial charge on any atom is -0.497 e. The monoisotopic (exact) mass is 327 g/mol. The molecule has 2 aromatic rings. The molecule has 0 unspecified atom stereocenters. The van der Waals surface area contributed by atoms with Gasteiger partial charge in [-0.2, -0.15) is 0 Å². The van der Waals surface area contributed by atoms with Gasteiger partial charge in [0.25, 0.3) is 5.91 Å². The van der Waals surface area contributed by atoms with Gasteiger partial charge in [-0.25, -0.2) is 0 Å². The third-order valence-corrected chi connectivity index (χ3v) is 3.29. The van der Waals surface area contributed by atoms with Crippen LogP contribution >= 0.6 is 0 Å². The topological polar surface area (TPSA) is 79.5 Å². The van der Waals surface area contributed by atoms with Gasteiger partial charge in [0.15, 0.2) is 0 Å². The van der Waals surface area contributed by atoms with E-state index in [0.717, 1.165) is 5.75 Å². The van der Waals surface area contributed by atoms with E-state index in [1.54, 1.807) is 49.6 Å². The number of rotatable bonds is 7. The van der Waals surface area contributed by atoms with Crippen molar-refractivity contribution < 1.29 is 14.3 Å². The third-order valence-electron chi connectivity index (χ3n) is 3.29. The van der Waals surface area contributed by atoms with Crippen LogP contribution in [0.15, 0.2) is 48.5 Å². The van der Waals surface area contributed by atoms with Gasteiger partial charge in [-0.3, -0.25) is 9.59 Å². The molecule has 0 aliphatic rings. The summed E-state index contributed by atoms with van der Waals surface area (Å²) in [5.41, 5.74) is 1.96. The number of amides is 2. The summed E-state index contributed by atoms with van der Waals surface area (Å²) in [6, 6.07) is 14.1. The second-order valence-corrected chi connectivity index (χ2v) is 5.07. The summed E-state index contributed by atoms with van der Waals surface area (Å²) < 4.78 is 5.07. The summed E-state index contributed by atoms with van der Waals surface area (Å²) in [5, 5.41) is 8.53. The lowest BCUT2D eigenvalue weighted by Crippen LogP contribution is -2.23. The Hall–Kier alpha value is -3.02. The molecule has 0 saturated carbocycles.